The molecule has 1 atom stereocenters. The zero-order chi connectivity index (χ0) is 13.7. The van der Waals surface area contributed by atoms with E-state index in [4.69, 9.17) is 22.1 Å². The number of methoxy groups -OCH3 is 1. The van der Waals surface area contributed by atoms with Gasteiger partial charge in [0, 0.05) is 18.6 Å². The van der Waals surface area contributed by atoms with Crippen molar-refractivity contribution in [2.45, 2.75) is 19.4 Å². The number of nitrogens with zero attached hydrogens (tertiary/aromatic N) is 1. The molecule has 5 heteroatoms. The van der Waals surface area contributed by atoms with Gasteiger partial charge in [-0.3, -0.25) is 4.79 Å². The second-order valence-corrected chi connectivity index (χ2v) is 4.69. The Morgan fingerprint density at radius 3 is 2.78 bits per heavy atom. The van der Waals surface area contributed by atoms with Crippen LogP contribution in [-0.2, 0) is 11.2 Å². The topological polar surface area (TPSA) is 55.6 Å². The molecule has 0 aromatic heterocycles. The van der Waals surface area contributed by atoms with Crippen molar-refractivity contribution in [3.05, 3.63) is 28.8 Å². The Kier molecular flexibility index (Phi) is 5.44. The molecular formula is C13H19ClN2O2. The van der Waals surface area contributed by atoms with Gasteiger partial charge >= 0.3 is 0 Å². The predicted molar refractivity (Wildman–Crippen MR) is 73.0 cm³/mol. The number of rotatable bonds is 5. The minimum Gasteiger partial charge on any atom is -0.496 e. The highest BCUT2D eigenvalue weighted by atomic mass is 35.5. The molecule has 0 saturated heterocycles. The van der Waals surface area contributed by atoms with Crippen molar-refractivity contribution in [1.82, 2.24) is 4.90 Å². The lowest BCUT2D eigenvalue weighted by Gasteiger charge is -2.19. The van der Waals surface area contributed by atoms with Crippen molar-refractivity contribution >= 4 is 17.5 Å². The minimum atomic E-state index is -0.476. The van der Waals surface area contributed by atoms with Crippen LogP contribution in [0.2, 0.25) is 5.02 Å². The Balaban J connectivity index is 2.68. The van der Waals surface area contributed by atoms with E-state index in [-0.39, 0.29) is 5.91 Å². The molecule has 0 aliphatic heterocycles. The van der Waals surface area contributed by atoms with Gasteiger partial charge in [-0.1, -0.05) is 11.6 Å². The second kappa shape index (κ2) is 6.61. The summed E-state index contributed by atoms with van der Waals surface area (Å²) in [6, 6.07) is 4.98. The van der Waals surface area contributed by atoms with Crippen LogP contribution in [-0.4, -0.2) is 37.6 Å². The summed E-state index contributed by atoms with van der Waals surface area (Å²) in [7, 11) is 3.35. The highest BCUT2D eigenvalue weighted by Crippen LogP contribution is 2.23. The maximum absolute atomic E-state index is 11.6. The highest BCUT2D eigenvalue weighted by molar-refractivity contribution is 6.30. The van der Waals surface area contributed by atoms with Crippen molar-refractivity contribution in [2.24, 2.45) is 5.73 Å². The van der Waals surface area contributed by atoms with Crippen LogP contribution in [0.4, 0.5) is 0 Å². The molecule has 0 heterocycles. The van der Waals surface area contributed by atoms with Crippen LogP contribution < -0.4 is 10.5 Å². The maximum atomic E-state index is 11.6. The van der Waals surface area contributed by atoms with Crippen molar-refractivity contribution in [3.8, 4) is 5.75 Å². The van der Waals surface area contributed by atoms with E-state index in [2.05, 4.69) is 0 Å². The van der Waals surface area contributed by atoms with E-state index in [9.17, 15) is 4.79 Å². The average Bonchev–Trinajstić information content (AvgIpc) is 2.35. The van der Waals surface area contributed by atoms with Gasteiger partial charge < -0.3 is 15.4 Å². The fourth-order valence-electron chi connectivity index (χ4n) is 1.69. The number of benzene rings is 1. The van der Waals surface area contributed by atoms with E-state index >= 15 is 0 Å². The average molecular weight is 271 g/mol. The Labute approximate surface area is 113 Å². The summed E-state index contributed by atoms with van der Waals surface area (Å²) in [4.78, 5) is 13.2. The summed E-state index contributed by atoms with van der Waals surface area (Å²) < 4.78 is 5.25. The van der Waals surface area contributed by atoms with Gasteiger partial charge in [0.25, 0.3) is 0 Å². The Bertz CT molecular complexity index is 421. The monoisotopic (exact) mass is 270 g/mol. The first-order chi connectivity index (χ1) is 8.45. The lowest BCUT2D eigenvalue weighted by atomic mass is 10.1. The third kappa shape index (κ3) is 3.89. The summed E-state index contributed by atoms with van der Waals surface area (Å²) in [6.07, 6.45) is 0.679. The molecule has 0 aliphatic rings. The molecule has 4 nitrogen and oxygen atoms in total. The maximum Gasteiger partial charge on any atom is 0.238 e. The van der Waals surface area contributed by atoms with E-state index < -0.39 is 6.04 Å². The van der Waals surface area contributed by atoms with Crippen molar-refractivity contribution in [3.63, 3.8) is 0 Å². The molecule has 1 aromatic rings. The van der Waals surface area contributed by atoms with E-state index in [1.54, 1.807) is 32.0 Å². The molecule has 1 rings (SSSR count). The molecular weight excluding hydrogens is 252 g/mol. The summed E-state index contributed by atoms with van der Waals surface area (Å²) in [5.41, 5.74) is 6.53. The Morgan fingerprint density at radius 1 is 1.56 bits per heavy atom. The van der Waals surface area contributed by atoms with Gasteiger partial charge in [0.15, 0.2) is 0 Å². The predicted octanol–water partition coefficient (Wildman–Crippen LogP) is 1.70. The van der Waals surface area contributed by atoms with Crippen LogP contribution in [0.15, 0.2) is 18.2 Å². The molecule has 0 spiro atoms. The van der Waals surface area contributed by atoms with Crippen molar-refractivity contribution < 1.29 is 9.53 Å². The number of nitrogens with two attached hydrogens (primary N) is 1. The normalized spacial score (nSPS) is 12.1. The zero-order valence-electron chi connectivity index (χ0n) is 10.9. The number of ether oxygens (including phenoxy) is 1. The molecule has 0 saturated carbocycles. The minimum absolute atomic E-state index is 0.0732. The number of hydrogen-bond acceptors (Lipinski definition) is 3. The first-order valence-electron chi connectivity index (χ1n) is 5.78. The number of halogens is 1. The highest BCUT2D eigenvalue weighted by Gasteiger charge is 2.14. The summed E-state index contributed by atoms with van der Waals surface area (Å²) >= 11 is 5.95. The van der Waals surface area contributed by atoms with Crippen LogP contribution >= 0.6 is 11.6 Å². The van der Waals surface area contributed by atoms with E-state index in [1.165, 1.54) is 0 Å². The molecule has 2 N–H and O–H groups in total. The number of amides is 1. The summed E-state index contributed by atoms with van der Waals surface area (Å²) in [5, 5.41) is 0.659. The van der Waals surface area contributed by atoms with Gasteiger partial charge in [-0.05, 0) is 37.1 Å². The smallest absolute Gasteiger partial charge is 0.238 e. The van der Waals surface area contributed by atoms with Gasteiger partial charge in [-0.25, -0.2) is 0 Å². The van der Waals surface area contributed by atoms with Gasteiger partial charge in [0.05, 0.1) is 13.2 Å². The van der Waals surface area contributed by atoms with Crippen LogP contribution in [0.5, 0.6) is 5.75 Å². The lowest BCUT2D eigenvalue weighted by molar-refractivity contribution is -0.130. The van der Waals surface area contributed by atoms with Crippen molar-refractivity contribution in [2.75, 3.05) is 20.7 Å². The molecule has 1 aromatic carbocycles. The van der Waals surface area contributed by atoms with Crippen LogP contribution in [0.1, 0.15) is 12.5 Å². The lowest BCUT2D eigenvalue weighted by Crippen LogP contribution is -2.40. The SMILES string of the molecule is COc1ccc(Cl)cc1CCN(C)C(=O)C(C)N. The molecule has 0 aliphatic carbocycles. The second-order valence-electron chi connectivity index (χ2n) is 4.25. The molecule has 100 valence electrons. The van der Waals surface area contributed by atoms with Crippen LogP contribution in [0.25, 0.3) is 0 Å². The summed E-state index contributed by atoms with van der Waals surface area (Å²) in [6.45, 7) is 2.26. The number of carbonyl (C=O) groups is 1. The zero-order valence-corrected chi connectivity index (χ0v) is 11.7. The van der Waals surface area contributed by atoms with E-state index in [1.807, 2.05) is 12.1 Å². The van der Waals surface area contributed by atoms with Gasteiger partial charge in [0.2, 0.25) is 5.91 Å². The quantitative estimate of drug-likeness (QED) is 0.886. The molecule has 1 unspecified atom stereocenters. The third-order valence-corrected chi connectivity index (χ3v) is 2.96. The molecule has 0 fully saturated rings. The third-order valence-electron chi connectivity index (χ3n) is 2.72. The molecule has 1 amide bonds. The molecule has 18 heavy (non-hydrogen) atoms. The first kappa shape index (κ1) is 14.8. The molecule has 0 radical (unpaired) electrons. The van der Waals surface area contributed by atoms with Crippen LogP contribution in [0.3, 0.4) is 0 Å². The van der Waals surface area contributed by atoms with E-state index in [0.29, 0.717) is 18.0 Å². The van der Waals surface area contributed by atoms with E-state index in [0.717, 1.165) is 11.3 Å². The van der Waals surface area contributed by atoms with Crippen LogP contribution in [0, 0.1) is 0 Å². The molecule has 0 bridgehead atoms. The van der Waals surface area contributed by atoms with Gasteiger partial charge in [0.1, 0.15) is 5.75 Å². The van der Waals surface area contributed by atoms with Gasteiger partial charge in [-0.2, -0.15) is 0 Å². The van der Waals surface area contributed by atoms with Crippen molar-refractivity contribution in [1.29, 1.82) is 0 Å². The summed E-state index contributed by atoms with van der Waals surface area (Å²) in [5.74, 6) is 0.706. The number of likely N-dealkylation sites (N-methyl/N-ethyl adjacent to an activating group) is 1. The number of hydrogen-bond donors (Lipinski definition) is 1. The largest absolute Gasteiger partial charge is 0.496 e. The standard InChI is InChI=1S/C13H19ClN2O2/c1-9(15)13(17)16(2)7-6-10-8-11(14)4-5-12(10)18-3/h4-5,8-9H,6-7,15H2,1-3H3. The fraction of sp³-hybridized carbons (Fsp3) is 0.462. The Hall–Kier alpha value is -1.26. The number of carbonyl (C=O) groups excluding carboxylic acids is 1. The Morgan fingerprint density at radius 2 is 2.22 bits per heavy atom. The first-order valence-corrected chi connectivity index (χ1v) is 6.16. The fourth-order valence-corrected chi connectivity index (χ4v) is 1.88. The van der Waals surface area contributed by atoms with Gasteiger partial charge in [-0.15, -0.1) is 0 Å².